The summed E-state index contributed by atoms with van der Waals surface area (Å²) in [6.07, 6.45) is 0.279. The summed E-state index contributed by atoms with van der Waals surface area (Å²) in [5.74, 6) is -0.924. The molecule has 0 fully saturated rings. The van der Waals surface area contributed by atoms with E-state index in [0.29, 0.717) is 0 Å². The van der Waals surface area contributed by atoms with Gasteiger partial charge in [-0.25, -0.2) is 0 Å². The minimum Gasteiger partial charge on any atom is -0.480 e. The molecule has 1 unspecified atom stereocenters. The van der Waals surface area contributed by atoms with Gasteiger partial charge in [-0.15, -0.1) is 0 Å². The van der Waals surface area contributed by atoms with Crippen molar-refractivity contribution < 1.29 is 14.5 Å². The van der Waals surface area contributed by atoms with E-state index in [-0.39, 0.29) is 12.8 Å². The maximum absolute atomic E-state index is 10.3. The summed E-state index contributed by atoms with van der Waals surface area (Å²) in [7, 11) is -1.26. The van der Waals surface area contributed by atoms with Gasteiger partial charge >= 0.3 is 13.8 Å². The number of carbonyl (C=O) groups is 1. The molecule has 0 bridgehead atoms. The van der Waals surface area contributed by atoms with E-state index in [0.717, 1.165) is 0 Å². The van der Waals surface area contributed by atoms with Crippen molar-refractivity contribution in [2.75, 3.05) is 19.5 Å². The lowest BCUT2D eigenvalue weighted by Crippen LogP contribution is -2.21. The van der Waals surface area contributed by atoms with E-state index in [2.05, 4.69) is 5.32 Å². The van der Waals surface area contributed by atoms with Crippen molar-refractivity contribution in [1.82, 2.24) is 5.32 Å². The van der Waals surface area contributed by atoms with Crippen molar-refractivity contribution in [3.05, 3.63) is 0 Å². The number of hydrogen-bond donors (Lipinski definition) is 2. The van der Waals surface area contributed by atoms with E-state index in [4.69, 9.17) is 5.11 Å². The van der Waals surface area contributed by atoms with Crippen LogP contribution in [0.15, 0.2) is 0 Å². The number of rotatable bonds is 4. The minimum atomic E-state index is -1.26. The molecule has 0 aliphatic carbocycles. The molecule has 0 saturated heterocycles. The molecule has 0 aliphatic heterocycles. The fourth-order valence-corrected chi connectivity index (χ4v) is 0.747. The summed E-state index contributed by atoms with van der Waals surface area (Å²) < 4.78 is 10.3. The first-order chi connectivity index (χ1) is 4.13. The first-order valence-electron chi connectivity index (χ1n) is 2.43. The second kappa shape index (κ2) is 4.41. The topological polar surface area (TPSA) is 66.4 Å². The van der Waals surface area contributed by atoms with E-state index in [1.807, 2.05) is 0 Å². The van der Waals surface area contributed by atoms with Crippen molar-refractivity contribution in [2.24, 2.45) is 0 Å². The third kappa shape index (κ3) is 7.53. The van der Waals surface area contributed by atoms with Crippen molar-refractivity contribution in [2.45, 2.75) is 0 Å². The fraction of sp³-hybridized carbons (Fsp3) is 0.750. The molecule has 0 radical (unpaired) electrons. The zero-order valence-corrected chi connectivity index (χ0v) is 6.02. The molecule has 0 aliphatic rings. The van der Waals surface area contributed by atoms with Gasteiger partial charge in [0.2, 0.25) is 0 Å². The Morgan fingerprint density at radius 2 is 2.33 bits per heavy atom. The van der Waals surface area contributed by atoms with Crippen LogP contribution in [0, 0.1) is 0 Å². The van der Waals surface area contributed by atoms with Gasteiger partial charge in [0, 0.05) is 0 Å². The number of hydrogen-bond acceptors (Lipinski definition) is 3. The van der Waals surface area contributed by atoms with Gasteiger partial charge in [0.15, 0.2) is 6.29 Å². The molecule has 0 heterocycles. The fourth-order valence-electron chi connectivity index (χ4n) is 0.320. The summed E-state index contributed by atoms with van der Waals surface area (Å²) in [5, 5.41) is 10.6. The van der Waals surface area contributed by atoms with Gasteiger partial charge in [-0.2, -0.15) is 0 Å². The molecule has 0 aromatic rings. The third-order valence-corrected chi connectivity index (χ3v) is 1.28. The van der Waals surface area contributed by atoms with Gasteiger partial charge in [-0.1, -0.05) is 4.57 Å². The lowest BCUT2D eigenvalue weighted by atomic mass is 10.7. The van der Waals surface area contributed by atoms with Crippen LogP contribution in [0.4, 0.5) is 0 Å². The molecule has 4 nitrogen and oxygen atoms in total. The maximum Gasteiger partial charge on any atom is 0.350 e. The van der Waals surface area contributed by atoms with Crippen LogP contribution in [-0.2, 0) is 9.36 Å². The molecular formula is C4H9NO3P+. The molecule has 0 spiro atoms. The Labute approximate surface area is 54.0 Å². The molecule has 0 amide bonds. The molecule has 0 aromatic carbocycles. The van der Waals surface area contributed by atoms with Crippen LogP contribution in [0.5, 0.6) is 0 Å². The molecule has 0 aromatic heterocycles. The lowest BCUT2D eigenvalue weighted by Gasteiger charge is -1.88. The van der Waals surface area contributed by atoms with Crippen LogP contribution in [0.1, 0.15) is 0 Å². The van der Waals surface area contributed by atoms with Gasteiger partial charge in [-0.3, -0.25) is 10.1 Å². The Kier molecular flexibility index (Phi) is 4.18. The number of carboxylic acid groups (broad SMARTS) is 1. The molecule has 9 heavy (non-hydrogen) atoms. The highest BCUT2D eigenvalue weighted by Crippen LogP contribution is 2.08. The van der Waals surface area contributed by atoms with E-state index in [1.54, 1.807) is 6.66 Å². The van der Waals surface area contributed by atoms with Crippen LogP contribution >= 0.6 is 7.80 Å². The van der Waals surface area contributed by atoms with E-state index >= 15 is 0 Å². The maximum atomic E-state index is 10.3. The van der Waals surface area contributed by atoms with Crippen LogP contribution in [-0.4, -0.2) is 30.6 Å². The standard InChI is InChI=1S/C4H8NO3P/c1-9(8)3-5-2-4(6)7/h5H,2-3H2,1H3/p+1. The smallest absolute Gasteiger partial charge is 0.350 e. The third-order valence-electron chi connectivity index (χ3n) is 0.611. The van der Waals surface area contributed by atoms with Crippen molar-refractivity contribution in [1.29, 1.82) is 0 Å². The highest BCUT2D eigenvalue weighted by molar-refractivity contribution is 7.43. The predicted molar refractivity (Wildman–Crippen MR) is 34.0 cm³/mol. The van der Waals surface area contributed by atoms with E-state index < -0.39 is 13.8 Å². The second-order valence-electron chi connectivity index (χ2n) is 1.61. The molecule has 5 heteroatoms. The summed E-state index contributed by atoms with van der Waals surface area (Å²) >= 11 is 0. The largest absolute Gasteiger partial charge is 0.480 e. The lowest BCUT2D eigenvalue weighted by molar-refractivity contribution is -0.135. The zero-order chi connectivity index (χ0) is 7.28. The summed E-state index contributed by atoms with van der Waals surface area (Å²) in [6, 6.07) is 0. The minimum absolute atomic E-state index is 0.116. The second-order valence-corrected chi connectivity index (χ2v) is 3.18. The summed E-state index contributed by atoms with van der Waals surface area (Å²) in [6.45, 7) is 1.43. The van der Waals surface area contributed by atoms with Crippen LogP contribution in [0.2, 0.25) is 0 Å². The first kappa shape index (κ1) is 8.53. The molecule has 0 saturated carbocycles. The molecule has 2 N–H and O–H groups in total. The zero-order valence-electron chi connectivity index (χ0n) is 5.13. The van der Waals surface area contributed by atoms with Crippen molar-refractivity contribution in [3.63, 3.8) is 0 Å². The quantitative estimate of drug-likeness (QED) is 0.557. The highest BCUT2D eigenvalue weighted by Gasteiger charge is 2.04. The average Bonchev–Trinajstić information content (AvgIpc) is 1.63. The molecule has 0 rings (SSSR count). The van der Waals surface area contributed by atoms with Crippen LogP contribution < -0.4 is 5.32 Å². The summed E-state index contributed by atoms with van der Waals surface area (Å²) in [4.78, 5) is 9.82. The van der Waals surface area contributed by atoms with Crippen LogP contribution in [0.25, 0.3) is 0 Å². The van der Waals surface area contributed by atoms with Crippen molar-refractivity contribution >= 4 is 13.8 Å². The monoisotopic (exact) mass is 150 g/mol. The Hall–Kier alpha value is -0.470. The number of nitrogens with one attached hydrogen (secondary N) is 1. The molecular weight excluding hydrogens is 141 g/mol. The first-order valence-corrected chi connectivity index (χ1v) is 4.33. The van der Waals surface area contributed by atoms with E-state index in [9.17, 15) is 9.36 Å². The van der Waals surface area contributed by atoms with Gasteiger partial charge in [0.25, 0.3) is 0 Å². The van der Waals surface area contributed by atoms with Gasteiger partial charge in [0.1, 0.15) is 6.66 Å². The Morgan fingerprint density at radius 1 is 1.78 bits per heavy atom. The van der Waals surface area contributed by atoms with Gasteiger partial charge < -0.3 is 5.11 Å². The normalized spacial score (nSPS) is 11.0. The Bertz CT molecular complexity index is 111. The predicted octanol–water partition coefficient (Wildman–Crippen LogP) is 0.0753. The highest BCUT2D eigenvalue weighted by atomic mass is 31.1. The average molecular weight is 150 g/mol. The number of carboxylic acids is 1. The van der Waals surface area contributed by atoms with Crippen molar-refractivity contribution in [3.8, 4) is 0 Å². The Morgan fingerprint density at radius 3 is 2.67 bits per heavy atom. The van der Waals surface area contributed by atoms with Gasteiger partial charge in [-0.05, 0) is 0 Å². The molecule has 1 atom stereocenters. The van der Waals surface area contributed by atoms with Gasteiger partial charge in [0.05, 0.1) is 6.54 Å². The van der Waals surface area contributed by atoms with E-state index in [1.165, 1.54) is 0 Å². The summed E-state index contributed by atoms with van der Waals surface area (Å²) in [5.41, 5.74) is 0. The molecule has 52 valence electrons. The SMILES string of the molecule is C[P+](=O)CNCC(=O)O. The van der Waals surface area contributed by atoms with Crippen LogP contribution in [0.3, 0.4) is 0 Å². The Balaban J connectivity index is 3.10. The number of aliphatic carboxylic acids is 1.